The first-order chi connectivity index (χ1) is 9.38. The van der Waals surface area contributed by atoms with E-state index in [9.17, 15) is 0 Å². The molecule has 4 heteroatoms. The van der Waals surface area contributed by atoms with E-state index in [0.717, 1.165) is 24.3 Å². The molecular formula is C15H20N2O2. The van der Waals surface area contributed by atoms with Gasteiger partial charge in [0.15, 0.2) is 0 Å². The van der Waals surface area contributed by atoms with Gasteiger partial charge >= 0.3 is 0 Å². The fraction of sp³-hybridized carbons (Fsp3) is 0.533. The van der Waals surface area contributed by atoms with Gasteiger partial charge in [0.25, 0.3) is 0 Å². The van der Waals surface area contributed by atoms with Crippen LogP contribution in [0.25, 0.3) is 0 Å². The number of ether oxygens (including phenoxy) is 1. The number of hydrogen-bond acceptors (Lipinski definition) is 4. The molecular weight excluding hydrogens is 240 g/mol. The van der Waals surface area contributed by atoms with Gasteiger partial charge in [-0.05, 0) is 38.4 Å². The SMILES string of the molecule is OCC#Cc1cncc(OCCCN2CCCC2)c1. The van der Waals surface area contributed by atoms with Gasteiger partial charge in [0, 0.05) is 18.3 Å². The van der Waals surface area contributed by atoms with Gasteiger partial charge in [-0.2, -0.15) is 0 Å². The van der Waals surface area contributed by atoms with Crippen LogP contribution in [0.1, 0.15) is 24.8 Å². The predicted molar refractivity (Wildman–Crippen MR) is 74.0 cm³/mol. The monoisotopic (exact) mass is 260 g/mol. The van der Waals surface area contributed by atoms with Crippen molar-refractivity contribution < 1.29 is 9.84 Å². The summed E-state index contributed by atoms with van der Waals surface area (Å²) in [5.74, 6) is 6.16. The Hall–Kier alpha value is -1.57. The van der Waals surface area contributed by atoms with Gasteiger partial charge in [-0.15, -0.1) is 0 Å². The second kappa shape index (κ2) is 7.78. The number of nitrogens with zero attached hydrogens (tertiary/aromatic N) is 2. The van der Waals surface area contributed by atoms with Crippen LogP contribution in [-0.2, 0) is 0 Å². The Morgan fingerprint density at radius 1 is 1.32 bits per heavy atom. The number of rotatable bonds is 5. The van der Waals surface area contributed by atoms with Crippen LogP contribution in [0, 0.1) is 11.8 Å². The molecule has 1 fully saturated rings. The molecule has 19 heavy (non-hydrogen) atoms. The zero-order chi connectivity index (χ0) is 13.3. The molecule has 2 heterocycles. The van der Waals surface area contributed by atoms with Crippen LogP contribution in [-0.4, -0.2) is 47.8 Å². The molecule has 102 valence electrons. The maximum Gasteiger partial charge on any atom is 0.138 e. The highest BCUT2D eigenvalue weighted by Gasteiger charge is 2.10. The molecule has 0 amide bonds. The summed E-state index contributed by atoms with van der Waals surface area (Å²) in [5, 5.41) is 8.64. The lowest BCUT2D eigenvalue weighted by atomic mass is 10.3. The van der Waals surface area contributed by atoms with E-state index < -0.39 is 0 Å². The molecule has 1 aromatic heterocycles. The molecule has 4 nitrogen and oxygen atoms in total. The van der Waals surface area contributed by atoms with Crippen molar-refractivity contribution in [2.75, 3.05) is 32.8 Å². The molecule has 0 unspecified atom stereocenters. The van der Waals surface area contributed by atoms with Crippen molar-refractivity contribution in [1.29, 1.82) is 0 Å². The summed E-state index contributed by atoms with van der Waals surface area (Å²) in [7, 11) is 0. The average Bonchev–Trinajstić information content (AvgIpc) is 2.95. The molecule has 0 radical (unpaired) electrons. The standard InChI is InChI=1S/C15H20N2O2/c18-9-3-5-14-11-15(13-16-12-14)19-10-4-8-17-6-1-2-7-17/h11-13,18H,1-2,4,6-10H2. The first-order valence-electron chi connectivity index (χ1n) is 6.78. The van der Waals surface area contributed by atoms with Crippen LogP contribution in [0.2, 0.25) is 0 Å². The maximum absolute atomic E-state index is 8.64. The highest BCUT2D eigenvalue weighted by Crippen LogP contribution is 2.11. The maximum atomic E-state index is 8.64. The van der Waals surface area contributed by atoms with E-state index in [-0.39, 0.29) is 6.61 Å². The second-order valence-corrected chi connectivity index (χ2v) is 4.62. The topological polar surface area (TPSA) is 45.6 Å². The highest BCUT2D eigenvalue weighted by molar-refractivity contribution is 5.36. The van der Waals surface area contributed by atoms with Crippen LogP contribution in [0.4, 0.5) is 0 Å². The Labute approximate surface area is 114 Å². The van der Waals surface area contributed by atoms with E-state index in [1.54, 1.807) is 12.4 Å². The summed E-state index contributed by atoms with van der Waals surface area (Å²) in [6.45, 7) is 4.13. The van der Waals surface area contributed by atoms with E-state index in [1.165, 1.54) is 25.9 Å². The Balaban J connectivity index is 1.72. The molecule has 0 aliphatic carbocycles. The number of aliphatic hydroxyl groups excluding tert-OH is 1. The van der Waals surface area contributed by atoms with Crippen molar-refractivity contribution in [3.8, 4) is 17.6 Å². The van der Waals surface area contributed by atoms with Crippen LogP contribution in [0.15, 0.2) is 18.5 Å². The number of aromatic nitrogens is 1. The lowest BCUT2D eigenvalue weighted by Gasteiger charge is -2.14. The summed E-state index contributed by atoms with van der Waals surface area (Å²) in [6.07, 6.45) is 7.05. The molecule has 1 aliphatic heterocycles. The lowest BCUT2D eigenvalue weighted by molar-refractivity contribution is 0.262. The number of hydrogen-bond donors (Lipinski definition) is 1. The van der Waals surface area contributed by atoms with Gasteiger partial charge < -0.3 is 14.7 Å². The van der Waals surface area contributed by atoms with Crippen molar-refractivity contribution >= 4 is 0 Å². The van der Waals surface area contributed by atoms with Gasteiger partial charge in [-0.1, -0.05) is 11.8 Å². The fourth-order valence-corrected chi connectivity index (χ4v) is 2.19. The Morgan fingerprint density at radius 2 is 2.16 bits per heavy atom. The molecule has 1 aliphatic rings. The summed E-state index contributed by atoms with van der Waals surface area (Å²) in [6, 6.07) is 1.85. The van der Waals surface area contributed by atoms with Crippen molar-refractivity contribution in [3.63, 3.8) is 0 Å². The third kappa shape index (κ3) is 4.90. The van der Waals surface area contributed by atoms with Crippen molar-refractivity contribution in [2.45, 2.75) is 19.3 Å². The zero-order valence-electron chi connectivity index (χ0n) is 11.1. The van der Waals surface area contributed by atoms with E-state index in [0.29, 0.717) is 6.61 Å². The van der Waals surface area contributed by atoms with Crippen molar-refractivity contribution in [2.24, 2.45) is 0 Å². The van der Waals surface area contributed by atoms with Gasteiger partial charge in [0.05, 0.1) is 12.8 Å². The first kappa shape index (κ1) is 13.9. The largest absolute Gasteiger partial charge is 0.492 e. The summed E-state index contributed by atoms with van der Waals surface area (Å²) < 4.78 is 5.67. The molecule has 0 spiro atoms. The van der Waals surface area contributed by atoms with Crippen LogP contribution in [0.5, 0.6) is 5.75 Å². The molecule has 1 saturated heterocycles. The average molecular weight is 260 g/mol. The summed E-state index contributed by atoms with van der Waals surface area (Å²) >= 11 is 0. The molecule has 1 aromatic rings. The zero-order valence-corrected chi connectivity index (χ0v) is 11.1. The molecule has 0 bridgehead atoms. The van der Waals surface area contributed by atoms with E-state index >= 15 is 0 Å². The molecule has 1 N–H and O–H groups in total. The summed E-state index contributed by atoms with van der Waals surface area (Å²) in [5.41, 5.74) is 0.770. The molecule has 0 atom stereocenters. The Bertz CT molecular complexity index is 445. The summed E-state index contributed by atoms with van der Waals surface area (Å²) in [4.78, 5) is 6.55. The number of pyridine rings is 1. The van der Waals surface area contributed by atoms with Gasteiger partial charge in [-0.3, -0.25) is 4.98 Å². The van der Waals surface area contributed by atoms with Crippen LogP contribution in [0.3, 0.4) is 0 Å². The minimum absolute atomic E-state index is 0.138. The van der Waals surface area contributed by atoms with Crippen molar-refractivity contribution in [1.82, 2.24) is 9.88 Å². The normalized spacial score (nSPS) is 15.0. The minimum Gasteiger partial charge on any atom is -0.492 e. The number of aliphatic hydroxyl groups is 1. The molecule has 0 aromatic carbocycles. The quantitative estimate of drug-likeness (QED) is 0.640. The third-order valence-electron chi connectivity index (χ3n) is 3.11. The second-order valence-electron chi connectivity index (χ2n) is 4.62. The van der Waals surface area contributed by atoms with E-state index in [2.05, 4.69) is 21.7 Å². The highest BCUT2D eigenvalue weighted by atomic mass is 16.5. The lowest BCUT2D eigenvalue weighted by Crippen LogP contribution is -2.21. The van der Waals surface area contributed by atoms with Gasteiger partial charge in [-0.25, -0.2) is 0 Å². The van der Waals surface area contributed by atoms with Crippen LogP contribution >= 0.6 is 0 Å². The third-order valence-corrected chi connectivity index (χ3v) is 3.11. The first-order valence-corrected chi connectivity index (χ1v) is 6.78. The van der Waals surface area contributed by atoms with Gasteiger partial charge in [0.1, 0.15) is 12.4 Å². The van der Waals surface area contributed by atoms with Crippen molar-refractivity contribution in [3.05, 3.63) is 24.0 Å². The van der Waals surface area contributed by atoms with E-state index in [4.69, 9.17) is 9.84 Å². The predicted octanol–water partition coefficient (Wildman–Crippen LogP) is 1.29. The number of likely N-dealkylation sites (tertiary alicyclic amines) is 1. The Morgan fingerprint density at radius 3 is 2.95 bits per heavy atom. The molecule has 2 rings (SSSR count). The van der Waals surface area contributed by atoms with Crippen LogP contribution < -0.4 is 4.74 Å². The molecule has 0 saturated carbocycles. The minimum atomic E-state index is -0.138. The smallest absolute Gasteiger partial charge is 0.138 e. The van der Waals surface area contributed by atoms with Gasteiger partial charge in [0.2, 0.25) is 0 Å². The Kier molecular flexibility index (Phi) is 5.67. The fourth-order valence-electron chi connectivity index (χ4n) is 2.19. The van der Waals surface area contributed by atoms with E-state index in [1.807, 2.05) is 6.07 Å².